The third-order valence-electron chi connectivity index (χ3n) is 10.2. The quantitative estimate of drug-likeness (QED) is 0.0845. The van der Waals surface area contributed by atoms with Crippen molar-refractivity contribution in [3.63, 3.8) is 0 Å². The molecule has 4 aliphatic rings. The maximum Gasteiger partial charge on any atom is 0.333 e. The van der Waals surface area contributed by atoms with Crippen LogP contribution in [0.2, 0.25) is 0 Å². The minimum Gasteiger partial charge on any atom is -0.748 e. The van der Waals surface area contributed by atoms with Crippen LogP contribution < -0.4 is 14.8 Å². The zero-order valence-electron chi connectivity index (χ0n) is 33.2. The van der Waals surface area contributed by atoms with Gasteiger partial charge in [-0.2, -0.15) is 0 Å². The lowest BCUT2D eigenvalue weighted by Crippen LogP contribution is -2.32. The Kier molecular flexibility index (Phi) is 13.0. The zero-order valence-corrected chi connectivity index (χ0v) is 34.8. The van der Waals surface area contributed by atoms with E-state index in [0.717, 1.165) is 33.6 Å². The van der Waals surface area contributed by atoms with Gasteiger partial charge in [0.15, 0.2) is 0 Å². The molecular formula is C41H50N3O11S2-. The largest absolute Gasteiger partial charge is 0.748 e. The summed E-state index contributed by atoms with van der Waals surface area (Å²) in [5.41, 5.74) is 2.99. The number of allylic oxidation sites excluding steroid dienone is 3. The smallest absolute Gasteiger partial charge is 0.333 e. The van der Waals surface area contributed by atoms with Crippen molar-refractivity contribution < 1.29 is 49.6 Å². The zero-order chi connectivity index (χ0) is 41.9. The number of amides is 2. The molecule has 16 heteroatoms. The van der Waals surface area contributed by atoms with Crippen LogP contribution in [-0.2, 0) is 50.3 Å². The summed E-state index contributed by atoms with van der Waals surface area (Å²) in [4.78, 5) is 42.7. The number of unbranched alkanes of at least 4 members (excludes halogenated alkanes) is 2. The number of fused-ring (bicyclic) bond motifs is 2. The van der Waals surface area contributed by atoms with Crippen molar-refractivity contribution >= 4 is 49.8 Å². The van der Waals surface area contributed by atoms with Crippen molar-refractivity contribution in [1.82, 2.24) is 9.64 Å². The van der Waals surface area contributed by atoms with Gasteiger partial charge in [-0.1, -0.05) is 53.2 Å². The molecule has 5 rings (SSSR count). The summed E-state index contributed by atoms with van der Waals surface area (Å²) in [7, 11) is -9.03. The Hall–Kier alpha value is -4.64. The van der Waals surface area contributed by atoms with Crippen LogP contribution in [-0.4, -0.2) is 74.2 Å². The highest BCUT2D eigenvalue weighted by Gasteiger charge is 2.40. The van der Waals surface area contributed by atoms with E-state index in [1.807, 2.05) is 88.6 Å². The fourth-order valence-corrected chi connectivity index (χ4v) is 8.10. The molecule has 1 aromatic rings. The van der Waals surface area contributed by atoms with Crippen LogP contribution in [0, 0.1) is 0 Å². The van der Waals surface area contributed by atoms with Crippen molar-refractivity contribution in [2.24, 2.45) is 0 Å². The molecule has 0 aromatic heterocycles. The van der Waals surface area contributed by atoms with E-state index in [4.69, 9.17) is 9.25 Å². The summed E-state index contributed by atoms with van der Waals surface area (Å²) in [5.74, 6) is -0.798. The van der Waals surface area contributed by atoms with Crippen LogP contribution >= 0.6 is 0 Å². The SMILES string of the molecule is CC[N+](CCCS(=O)(=O)[O-])=c1ccc2c(/C=C/C=C3/N(CCCCCC(=O)ON4C(=O)CCC4=O)c4ccc(S(=O)(=O)[O-])cc4C3(C)C)cc(C(C)(C)C)oc-2c1. The number of benzene rings is 2. The normalized spacial score (nSPS) is 17.3. The molecule has 3 heterocycles. The molecule has 3 aliphatic heterocycles. The standard InChI is InChI=1S/C41H51N3O11S2/c1-7-42(22-12-24-56(48,49)50)29-16-18-31-28(25-36(40(2,3)4)54-34(31)26-29)13-11-14-35-41(5,6)32-27-30(57(51,52)53)17-19-33(32)43(35)23-10-8-9-15-39(47)55-44-37(45)20-21-38(44)46/h11,13-14,16-19,25-27H,7-10,12,15,20-24H2,1-6H3,(H-,48,49,50,51,52,53)/p-1. The Morgan fingerprint density at radius 2 is 1.67 bits per heavy atom. The lowest BCUT2D eigenvalue weighted by Gasteiger charge is -2.27. The number of hydrogen-bond acceptors (Lipinski definition) is 12. The number of nitrogens with zero attached hydrogens (tertiary/aromatic N) is 3. The maximum atomic E-state index is 12.3. The predicted molar refractivity (Wildman–Crippen MR) is 211 cm³/mol. The van der Waals surface area contributed by atoms with E-state index in [2.05, 4.69) is 4.90 Å². The summed E-state index contributed by atoms with van der Waals surface area (Å²) < 4.78 is 78.1. The second-order valence-electron chi connectivity index (χ2n) is 15.9. The van der Waals surface area contributed by atoms with Crippen LogP contribution in [0.5, 0.6) is 0 Å². The Morgan fingerprint density at radius 1 is 0.965 bits per heavy atom. The van der Waals surface area contributed by atoms with Gasteiger partial charge in [0.25, 0.3) is 11.8 Å². The van der Waals surface area contributed by atoms with Crippen LogP contribution in [0.4, 0.5) is 5.69 Å². The molecule has 1 fully saturated rings. The van der Waals surface area contributed by atoms with Gasteiger partial charge < -0.3 is 23.3 Å². The van der Waals surface area contributed by atoms with E-state index in [0.29, 0.717) is 55.3 Å². The molecule has 0 spiro atoms. The van der Waals surface area contributed by atoms with Crippen LogP contribution in [0.15, 0.2) is 69.6 Å². The van der Waals surface area contributed by atoms with Crippen LogP contribution in [0.1, 0.15) is 103 Å². The molecule has 0 bridgehead atoms. The van der Waals surface area contributed by atoms with Crippen LogP contribution in [0.25, 0.3) is 17.4 Å². The highest BCUT2D eigenvalue weighted by molar-refractivity contribution is 7.86. The fourth-order valence-electron chi connectivity index (χ4n) is 7.12. The van der Waals surface area contributed by atoms with Crippen molar-refractivity contribution in [2.45, 2.75) is 102 Å². The highest BCUT2D eigenvalue weighted by atomic mass is 32.2. The molecule has 14 nitrogen and oxygen atoms in total. The topological polar surface area (TPSA) is 197 Å². The van der Waals surface area contributed by atoms with Crippen molar-refractivity contribution in [3.05, 3.63) is 82.6 Å². The fraction of sp³-hybridized carbons (Fsp3) is 0.463. The summed E-state index contributed by atoms with van der Waals surface area (Å²) in [6.45, 7) is 13.5. The third-order valence-corrected chi connectivity index (χ3v) is 11.9. The minimum absolute atomic E-state index is 0.0197. The van der Waals surface area contributed by atoms with E-state index >= 15 is 0 Å². The van der Waals surface area contributed by atoms with Crippen molar-refractivity contribution in [2.75, 3.05) is 30.3 Å². The lowest BCUT2D eigenvalue weighted by atomic mass is 9.83. The van der Waals surface area contributed by atoms with E-state index in [1.54, 1.807) is 6.07 Å². The molecule has 57 heavy (non-hydrogen) atoms. The lowest BCUT2D eigenvalue weighted by molar-refractivity contribution is -0.197. The number of carbonyl (C=O) groups is 3. The van der Waals surface area contributed by atoms with Gasteiger partial charge in [0.1, 0.15) is 34.7 Å². The average molecular weight is 825 g/mol. The van der Waals surface area contributed by atoms with Gasteiger partial charge in [0.05, 0.1) is 21.1 Å². The Labute approximate surface area is 334 Å². The molecule has 2 amide bonds. The predicted octanol–water partition coefficient (Wildman–Crippen LogP) is 5.18. The summed E-state index contributed by atoms with van der Waals surface area (Å²) >= 11 is 0. The first-order chi connectivity index (χ1) is 26.6. The van der Waals surface area contributed by atoms with E-state index in [-0.39, 0.29) is 36.0 Å². The summed E-state index contributed by atoms with van der Waals surface area (Å²) in [6, 6.07) is 12.2. The number of carbonyl (C=O) groups excluding carboxylic acids is 3. The average Bonchev–Trinajstić information content (AvgIpc) is 3.54. The van der Waals surface area contributed by atoms with Gasteiger partial charge in [0.2, 0.25) is 5.36 Å². The van der Waals surface area contributed by atoms with Gasteiger partial charge in [-0.05, 0) is 67.3 Å². The number of rotatable bonds is 15. The first-order valence-electron chi connectivity index (χ1n) is 19.0. The molecular weight excluding hydrogens is 775 g/mol. The van der Waals surface area contributed by atoms with E-state index < -0.39 is 49.2 Å². The summed E-state index contributed by atoms with van der Waals surface area (Å²) in [5, 5.41) is 1.37. The molecule has 1 aliphatic carbocycles. The maximum absolute atomic E-state index is 12.3. The van der Waals surface area contributed by atoms with E-state index in [1.165, 1.54) is 12.1 Å². The third kappa shape index (κ3) is 10.5. The van der Waals surface area contributed by atoms with Gasteiger partial charge in [-0.3, -0.25) is 9.59 Å². The number of hydrogen-bond donors (Lipinski definition) is 0. The van der Waals surface area contributed by atoms with Crippen molar-refractivity contribution in [3.8, 4) is 11.3 Å². The monoisotopic (exact) mass is 824 g/mol. The molecule has 1 saturated heterocycles. The van der Waals surface area contributed by atoms with Gasteiger partial charge >= 0.3 is 5.97 Å². The number of anilines is 1. The number of hydroxylamine groups is 2. The first-order valence-corrected chi connectivity index (χ1v) is 22.0. The second-order valence-corrected chi connectivity index (χ2v) is 18.8. The minimum atomic E-state index is -4.71. The van der Waals surface area contributed by atoms with Crippen LogP contribution in [0.3, 0.4) is 0 Å². The first kappa shape index (κ1) is 43.5. The van der Waals surface area contributed by atoms with Gasteiger partial charge in [0, 0.05) is 71.8 Å². The Balaban J connectivity index is 1.44. The van der Waals surface area contributed by atoms with Gasteiger partial charge in [-0.15, -0.1) is 5.06 Å². The molecule has 0 saturated carbocycles. The second kappa shape index (κ2) is 17.1. The summed E-state index contributed by atoms with van der Waals surface area (Å²) in [6.07, 6.45) is 7.83. The molecule has 308 valence electrons. The number of imide groups is 1. The molecule has 0 radical (unpaired) electrons. The molecule has 0 N–H and O–H groups in total. The Morgan fingerprint density at radius 3 is 2.30 bits per heavy atom. The Bertz CT molecular complexity index is 2350. The van der Waals surface area contributed by atoms with Gasteiger partial charge in [-0.25, -0.2) is 26.2 Å². The molecule has 1 aromatic carbocycles. The van der Waals surface area contributed by atoms with Crippen molar-refractivity contribution in [1.29, 1.82) is 0 Å². The molecule has 0 unspecified atom stereocenters. The van der Waals surface area contributed by atoms with E-state index in [9.17, 15) is 40.3 Å². The highest BCUT2D eigenvalue weighted by Crippen LogP contribution is 2.48. The molecule has 0 atom stereocenters.